The monoisotopic (exact) mass is 687 g/mol. The van der Waals surface area contributed by atoms with Crippen LogP contribution in [0.4, 0.5) is 4.79 Å². The molecular formula is C37H45N5O6S. The number of likely N-dealkylation sites (tertiary alicyclic amines) is 1. The van der Waals surface area contributed by atoms with Crippen LogP contribution in [-0.4, -0.2) is 105 Å². The number of ether oxygens (including phenoxy) is 2. The summed E-state index contributed by atoms with van der Waals surface area (Å²) in [5.74, 6) is 0.557. The minimum absolute atomic E-state index is 0.128. The third-order valence-corrected chi connectivity index (χ3v) is 10.1. The van der Waals surface area contributed by atoms with Crippen LogP contribution in [-0.2, 0) is 16.1 Å². The molecule has 12 heteroatoms. The van der Waals surface area contributed by atoms with Crippen LogP contribution in [0.25, 0.3) is 21.7 Å². The fraction of sp³-hybridized carbons (Fsp3) is 0.459. The van der Waals surface area contributed by atoms with Gasteiger partial charge in [0.15, 0.2) is 5.16 Å². The molecule has 2 atom stereocenters. The van der Waals surface area contributed by atoms with E-state index in [2.05, 4.69) is 4.90 Å². The molecule has 0 radical (unpaired) electrons. The number of hydrogen-bond acceptors (Lipinski definition) is 9. The second kappa shape index (κ2) is 14.8. The fourth-order valence-corrected chi connectivity index (χ4v) is 7.49. The molecule has 0 saturated carbocycles. The Labute approximate surface area is 290 Å². The van der Waals surface area contributed by atoms with Gasteiger partial charge in [0.2, 0.25) is 5.91 Å². The molecule has 3 heterocycles. The number of nitrogens with zero attached hydrogens (tertiary/aromatic N) is 5. The molecule has 1 N–H and O–H groups in total. The van der Waals surface area contributed by atoms with Gasteiger partial charge in [-0.3, -0.25) is 19.1 Å². The Bertz CT molecular complexity index is 1870. The van der Waals surface area contributed by atoms with Gasteiger partial charge in [0.05, 0.1) is 17.0 Å². The van der Waals surface area contributed by atoms with Gasteiger partial charge in [0.25, 0.3) is 5.56 Å². The fourth-order valence-electron chi connectivity index (χ4n) is 6.24. The number of rotatable bonds is 9. The molecule has 11 nitrogen and oxygen atoms in total. The van der Waals surface area contributed by atoms with Crippen LogP contribution in [0.15, 0.2) is 70.6 Å². The van der Waals surface area contributed by atoms with Crippen molar-refractivity contribution in [3.63, 3.8) is 0 Å². The number of carbonyl (C=O) groups excluding carboxylic acids is 2. The van der Waals surface area contributed by atoms with Crippen LogP contribution in [0.2, 0.25) is 0 Å². The minimum Gasteiger partial charge on any atom is -0.492 e. The van der Waals surface area contributed by atoms with E-state index in [1.165, 1.54) is 11.8 Å². The van der Waals surface area contributed by atoms with Crippen molar-refractivity contribution >= 4 is 45.4 Å². The van der Waals surface area contributed by atoms with E-state index in [1.54, 1.807) is 14.4 Å². The molecule has 2 aliphatic heterocycles. The lowest BCUT2D eigenvalue weighted by molar-refractivity contribution is -0.130. The first-order chi connectivity index (χ1) is 23.5. The summed E-state index contributed by atoms with van der Waals surface area (Å²) in [6, 6.07) is 19.2. The van der Waals surface area contributed by atoms with Crippen LogP contribution in [0.1, 0.15) is 44.9 Å². The highest BCUT2D eigenvalue weighted by Crippen LogP contribution is 2.38. The standard InChI is InChI=1S/C37H45N5O6S/c1-5-42-33(44)30-22-26-8-6-7-9-27(26)23-31(30)38-35(42)49-32(34(45)41-15-14-28(43)24-41)25-10-12-29(13-11-25)47-21-20-39-16-18-40(19-17-39)36(46)48-37(2,3)4/h6-13,22-23,28,32,43H,5,14-21,24H2,1-4H3/t28-,32?/m0/s1. The highest BCUT2D eigenvalue weighted by molar-refractivity contribution is 8.00. The number of aliphatic hydroxyl groups is 1. The van der Waals surface area contributed by atoms with Crippen molar-refractivity contribution in [2.75, 3.05) is 52.4 Å². The highest BCUT2D eigenvalue weighted by atomic mass is 32.2. The maximum atomic E-state index is 14.0. The van der Waals surface area contributed by atoms with Gasteiger partial charge < -0.3 is 24.4 Å². The van der Waals surface area contributed by atoms with Crippen molar-refractivity contribution in [1.82, 2.24) is 24.3 Å². The number of piperazine rings is 1. The molecule has 260 valence electrons. The third-order valence-electron chi connectivity index (χ3n) is 8.91. The van der Waals surface area contributed by atoms with E-state index in [0.717, 1.165) is 36.0 Å². The first-order valence-corrected chi connectivity index (χ1v) is 17.9. The zero-order valence-corrected chi connectivity index (χ0v) is 29.4. The predicted octanol–water partition coefficient (Wildman–Crippen LogP) is 4.93. The van der Waals surface area contributed by atoms with Crippen molar-refractivity contribution in [2.45, 2.75) is 62.8 Å². The molecule has 2 fully saturated rings. The summed E-state index contributed by atoms with van der Waals surface area (Å²) in [6.07, 6.45) is -0.290. The molecule has 6 rings (SSSR count). The zero-order chi connectivity index (χ0) is 34.7. The largest absolute Gasteiger partial charge is 0.492 e. The van der Waals surface area contributed by atoms with Crippen LogP contribution < -0.4 is 10.3 Å². The summed E-state index contributed by atoms with van der Waals surface area (Å²) in [7, 11) is 0. The minimum atomic E-state index is -0.678. The Balaban J connectivity index is 1.16. The Kier molecular flexibility index (Phi) is 10.5. The summed E-state index contributed by atoms with van der Waals surface area (Å²) in [5, 5.41) is 12.5. The highest BCUT2D eigenvalue weighted by Gasteiger charge is 2.33. The lowest BCUT2D eigenvalue weighted by Gasteiger charge is -2.35. The molecule has 1 unspecified atom stereocenters. The van der Waals surface area contributed by atoms with Crippen molar-refractivity contribution in [1.29, 1.82) is 0 Å². The molecule has 2 amide bonds. The van der Waals surface area contributed by atoms with Crippen LogP contribution in [0, 0.1) is 0 Å². The number of aromatic nitrogens is 2. The quantitative estimate of drug-likeness (QED) is 0.149. The first-order valence-electron chi connectivity index (χ1n) is 17.0. The number of β-amino-alcohol motifs (C(OH)–C–C–N with tert-alkyl or cyclic N) is 1. The zero-order valence-electron chi connectivity index (χ0n) is 28.6. The summed E-state index contributed by atoms with van der Waals surface area (Å²) < 4.78 is 13.2. The average molecular weight is 688 g/mol. The second-order valence-electron chi connectivity index (χ2n) is 13.6. The molecule has 49 heavy (non-hydrogen) atoms. The maximum Gasteiger partial charge on any atom is 0.410 e. The lowest BCUT2D eigenvalue weighted by atomic mass is 10.1. The number of hydrogen-bond donors (Lipinski definition) is 1. The summed E-state index contributed by atoms with van der Waals surface area (Å²) >= 11 is 1.27. The third kappa shape index (κ3) is 8.20. The SMILES string of the molecule is CCn1c(SC(C(=O)N2CC[C@H](O)C2)c2ccc(OCCN3CCN(C(=O)OC(C)(C)C)CC3)cc2)nc2cc3ccccc3cc2c1=O. The Hall–Kier alpha value is -4.13. The molecule has 0 aliphatic carbocycles. The van der Waals surface area contributed by atoms with Crippen molar-refractivity contribution in [3.05, 3.63) is 76.6 Å². The Morgan fingerprint density at radius 2 is 1.67 bits per heavy atom. The van der Waals surface area contributed by atoms with E-state index in [0.29, 0.717) is 61.0 Å². The van der Waals surface area contributed by atoms with E-state index in [4.69, 9.17) is 14.5 Å². The number of thioether (sulfide) groups is 1. The van der Waals surface area contributed by atoms with Crippen LogP contribution >= 0.6 is 11.8 Å². The molecule has 1 aromatic heterocycles. The second-order valence-corrected chi connectivity index (χ2v) is 14.7. The van der Waals surface area contributed by atoms with E-state index < -0.39 is 17.0 Å². The molecule has 0 bridgehead atoms. The average Bonchev–Trinajstić information content (AvgIpc) is 3.52. The molecule has 0 spiro atoms. The molecule has 4 aromatic rings. The molecular weight excluding hydrogens is 643 g/mol. The lowest BCUT2D eigenvalue weighted by Crippen LogP contribution is -2.50. The van der Waals surface area contributed by atoms with Crippen molar-refractivity contribution < 1.29 is 24.2 Å². The maximum absolute atomic E-state index is 14.0. The van der Waals surface area contributed by atoms with Gasteiger partial charge in [0, 0.05) is 52.4 Å². The number of benzene rings is 3. The van der Waals surface area contributed by atoms with Gasteiger partial charge in [-0.1, -0.05) is 48.2 Å². The number of carbonyl (C=O) groups is 2. The summed E-state index contributed by atoms with van der Waals surface area (Å²) in [4.78, 5) is 50.7. The summed E-state index contributed by atoms with van der Waals surface area (Å²) in [5.41, 5.74) is 0.700. The smallest absolute Gasteiger partial charge is 0.410 e. The Morgan fingerprint density at radius 3 is 2.31 bits per heavy atom. The van der Waals surface area contributed by atoms with Gasteiger partial charge in [0.1, 0.15) is 23.2 Å². The van der Waals surface area contributed by atoms with Crippen LogP contribution in [0.5, 0.6) is 5.75 Å². The van der Waals surface area contributed by atoms with Gasteiger partial charge >= 0.3 is 6.09 Å². The van der Waals surface area contributed by atoms with Crippen LogP contribution in [0.3, 0.4) is 0 Å². The van der Waals surface area contributed by atoms with Crippen molar-refractivity contribution in [2.24, 2.45) is 0 Å². The van der Waals surface area contributed by atoms with Gasteiger partial charge in [-0.2, -0.15) is 0 Å². The number of aliphatic hydroxyl groups excluding tert-OH is 1. The predicted molar refractivity (Wildman–Crippen MR) is 191 cm³/mol. The topological polar surface area (TPSA) is 117 Å². The van der Waals surface area contributed by atoms with E-state index in [9.17, 15) is 19.5 Å². The normalized spacial score (nSPS) is 17.9. The van der Waals surface area contributed by atoms with Crippen molar-refractivity contribution in [3.8, 4) is 5.75 Å². The molecule has 3 aromatic carbocycles. The summed E-state index contributed by atoms with van der Waals surface area (Å²) in [6.45, 7) is 12.6. The van der Waals surface area contributed by atoms with Gasteiger partial charge in [-0.15, -0.1) is 0 Å². The number of amides is 2. The Morgan fingerprint density at radius 1 is 0.980 bits per heavy atom. The van der Waals surface area contributed by atoms with E-state index >= 15 is 0 Å². The molecule has 2 saturated heterocycles. The van der Waals surface area contributed by atoms with E-state index in [-0.39, 0.29) is 24.1 Å². The van der Waals surface area contributed by atoms with Gasteiger partial charge in [-0.05, 0) is 74.7 Å². The first kappa shape index (κ1) is 34.7. The molecule has 2 aliphatic rings. The van der Waals surface area contributed by atoms with Gasteiger partial charge in [-0.25, -0.2) is 9.78 Å². The number of fused-ring (bicyclic) bond motifs is 2. The van der Waals surface area contributed by atoms with E-state index in [1.807, 2.05) is 88.4 Å².